The minimum Gasteiger partial charge on any atom is -0.496 e. The lowest BCUT2D eigenvalue weighted by atomic mass is 10.1. The first-order valence-electron chi connectivity index (χ1n) is 8.65. The fourth-order valence-electron chi connectivity index (χ4n) is 2.76. The molecule has 0 radical (unpaired) electrons. The number of aryl methyl sites for hydroxylation is 1. The number of aromatic nitrogens is 3. The summed E-state index contributed by atoms with van der Waals surface area (Å²) in [5.41, 5.74) is 4.12. The second-order valence-corrected chi connectivity index (χ2v) is 6.16. The van der Waals surface area contributed by atoms with Crippen molar-refractivity contribution in [2.45, 2.75) is 20.0 Å². The van der Waals surface area contributed by atoms with Gasteiger partial charge in [-0.05, 0) is 36.3 Å². The molecule has 0 aliphatic rings. The predicted octanol–water partition coefficient (Wildman–Crippen LogP) is 2.97. The van der Waals surface area contributed by atoms with Crippen molar-refractivity contribution in [3.05, 3.63) is 83.4 Å². The van der Waals surface area contributed by atoms with E-state index in [1.54, 1.807) is 24.2 Å². The van der Waals surface area contributed by atoms with E-state index in [-0.39, 0.29) is 5.91 Å². The molecule has 0 fully saturated rings. The molecule has 27 heavy (non-hydrogen) atoms. The van der Waals surface area contributed by atoms with Crippen LogP contribution in [0.15, 0.2) is 61.2 Å². The van der Waals surface area contributed by atoms with Gasteiger partial charge in [-0.15, -0.1) is 0 Å². The zero-order chi connectivity index (χ0) is 19.1. The first-order chi connectivity index (χ1) is 13.2. The van der Waals surface area contributed by atoms with Gasteiger partial charge in [-0.25, -0.2) is 9.67 Å². The van der Waals surface area contributed by atoms with Crippen LogP contribution in [0.25, 0.3) is 6.08 Å². The zero-order valence-electron chi connectivity index (χ0n) is 15.4. The van der Waals surface area contributed by atoms with E-state index in [1.807, 2.05) is 49.4 Å². The number of hydrogen-bond acceptors (Lipinski definition) is 4. The maximum absolute atomic E-state index is 12.2. The van der Waals surface area contributed by atoms with Gasteiger partial charge in [0.25, 0.3) is 0 Å². The van der Waals surface area contributed by atoms with Crippen molar-refractivity contribution in [3.63, 3.8) is 0 Å². The summed E-state index contributed by atoms with van der Waals surface area (Å²) in [5.74, 6) is 0.581. The molecular formula is C21H22N4O2. The third-order valence-corrected chi connectivity index (χ3v) is 4.17. The maximum Gasteiger partial charge on any atom is 0.244 e. The second kappa shape index (κ2) is 8.80. The molecule has 6 nitrogen and oxygen atoms in total. The van der Waals surface area contributed by atoms with Crippen molar-refractivity contribution >= 4 is 12.0 Å². The van der Waals surface area contributed by atoms with Gasteiger partial charge in [0.05, 0.1) is 13.7 Å². The van der Waals surface area contributed by atoms with E-state index in [0.717, 1.165) is 28.0 Å². The highest BCUT2D eigenvalue weighted by atomic mass is 16.5. The molecule has 0 bridgehead atoms. The van der Waals surface area contributed by atoms with Gasteiger partial charge in [0.1, 0.15) is 18.4 Å². The highest BCUT2D eigenvalue weighted by Gasteiger charge is 2.05. The normalized spacial score (nSPS) is 10.9. The van der Waals surface area contributed by atoms with Crippen LogP contribution in [-0.4, -0.2) is 27.8 Å². The van der Waals surface area contributed by atoms with Crippen molar-refractivity contribution < 1.29 is 9.53 Å². The van der Waals surface area contributed by atoms with Crippen molar-refractivity contribution in [1.82, 2.24) is 20.1 Å². The molecule has 138 valence electrons. The lowest BCUT2D eigenvalue weighted by molar-refractivity contribution is -0.116. The van der Waals surface area contributed by atoms with E-state index in [0.29, 0.717) is 13.1 Å². The van der Waals surface area contributed by atoms with Gasteiger partial charge >= 0.3 is 0 Å². The number of amides is 1. The molecule has 3 rings (SSSR count). The average molecular weight is 362 g/mol. The SMILES string of the molecule is COc1ccc(C)cc1/C=C/C(=O)NCc1ccccc1Cn1cncn1. The van der Waals surface area contributed by atoms with E-state index in [4.69, 9.17) is 4.74 Å². The molecule has 1 aromatic heterocycles. The van der Waals surface area contributed by atoms with Crippen LogP contribution in [0.4, 0.5) is 0 Å². The zero-order valence-corrected chi connectivity index (χ0v) is 15.4. The monoisotopic (exact) mass is 362 g/mol. The number of carbonyl (C=O) groups excluding carboxylic acids is 1. The average Bonchev–Trinajstić information content (AvgIpc) is 3.19. The molecule has 1 N–H and O–H groups in total. The molecule has 3 aromatic rings. The van der Waals surface area contributed by atoms with Crippen molar-refractivity contribution in [2.75, 3.05) is 7.11 Å². The van der Waals surface area contributed by atoms with E-state index in [1.165, 1.54) is 12.4 Å². The van der Waals surface area contributed by atoms with Gasteiger partial charge in [-0.1, -0.05) is 35.9 Å². The topological polar surface area (TPSA) is 69.0 Å². The Hall–Kier alpha value is -3.41. The largest absolute Gasteiger partial charge is 0.496 e. The van der Waals surface area contributed by atoms with Crippen LogP contribution in [-0.2, 0) is 17.9 Å². The maximum atomic E-state index is 12.2. The fourth-order valence-corrected chi connectivity index (χ4v) is 2.76. The Kier molecular flexibility index (Phi) is 5.99. The van der Waals surface area contributed by atoms with Crippen LogP contribution in [0.2, 0.25) is 0 Å². The summed E-state index contributed by atoms with van der Waals surface area (Å²) in [7, 11) is 1.62. The van der Waals surface area contributed by atoms with Gasteiger partial charge in [-0.3, -0.25) is 4.79 Å². The molecule has 1 amide bonds. The quantitative estimate of drug-likeness (QED) is 0.656. The van der Waals surface area contributed by atoms with Gasteiger partial charge in [0, 0.05) is 18.2 Å². The number of nitrogens with zero attached hydrogens (tertiary/aromatic N) is 3. The van der Waals surface area contributed by atoms with E-state index in [2.05, 4.69) is 15.4 Å². The molecule has 0 unspecified atom stereocenters. The highest BCUT2D eigenvalue weighted by molar-refractivity contribution is 5.92. The Balaban J connectivity index is 1.64. The summed E-state index contributed by atoms with van der Waals surface area (Å²) in [6.45, 7) is 3.06. The summed E-state index contributed by atoms with van der Waals surface area (Å²) in [4.78, 5) is 16.2. The molecule has 0 atom stereocenters. The Morgan fingerprint density at radius 3 is 2.78 bits per heavy atom. The Labute approximate surface area is 158 Å². The van der Waals surface area contributed by atoms with Gasteiger partial charge < -0.3 is 10.1 Å². The molecule has 0 aliphatic heterocycles. The fraction of sp³-hybridized carbons (Fsp3) is 0.190. The first-order valence-corrected chi connectivity index (χ1v) is 8.65. The third-order valence-electron chi connectivity index (χ3n) is 4.17. The van der Waals surface area contributed by atoms with Crippen LogP contribution >= 0.6 is 0 Å². The van der Waals surface area contributed by atoms with Crippen LogP contribution in [0.1, 0.15) is 22.3 Å². The number of nitrogens with one attached hydrogen (secondary N) is 1. The lowest BCUT2D eigenvalue weighted by Crippen LogP contribution is -2.21. The van der Waals surface area contributed by atoms with Crippen LogP contribution < -0.4 is 10.1 Å². The minimum atomic E-state index is -0.158. The molecular weight excluding hydrogens is 340 g/mol. The van der Waals surface area contributed by atoms with Crippen molar-refractivity contribution in [1.29, 1.82) is 0 Å². The number of carbonyl (C=O) groups is 1. The number of benzene rings is 2. The summed E-state index contributed by atoms with van der Waals surface area (Å²) < 4.78 is 7.09. The Bertz CT molecular complexity index is 933. The van der Waals surface area contributed by atoms with E-state index in [9.17, 15) is 4.79 Å². The molecule has 0 aliphatic carbocycles. The lowest BCUT2D eigenvalue weighted by Gasteiger charge is -2.10. The summed E-state index contributed by atoms with van der Waals surface area (Å²) >= 11 is 0. The summed E-state index contributed by atoms with van der Waals surface area (Å²) in [6.07, 6.45) is 6.47. The van der Waals surface area contributed by atoms with Gasteiger partial charge in [0.15, 0.2) is 0 Å². The number of rotatable bonds is 7. The third kappa shape index (κ3) is 5.04. The molecule has 6 heteroatoms. The summed E-state index contributed by atoms with van der Waals surface area (Å²) in [5, 5.41) is 7.06. The molecule has 0 saturated heterocycles. The standard InChI is InChI=1S/C21H22N4O2/c1-16-7-9-20(27-2)17(11-16)8-10-21(26)23-12-18-5-3-4-6-19(18)13-25-15-22-14-24-25/h3-11,14-15H,12-13H2,1-2H3,(H,23,26)/b10-8+. The van der Waals surface area contributed by atoms with Gasteiger partial charge in [0.2, 0.25) is 5.91 Å². The Morgan fingerprint density at radius 2 is 2.04 bits per heavy atom. The van der Waals surface area contributed by atoms with Crippen LogP contribution in [0.5, 0.6) is 5.75 Å². The minimum absolute atomic E-state index is 0.158. The Morgan fingerprint density at radius 1 is 1.22 bits per heavy atom. The van der Waals surface area contributed by atoms with Crippen LogP contribution in [0, 0.1) is 6.92 Å². The first kappa shape index (κ1) is 18.4. The smallest absolute Gasteiger partial charge is 0.244 e. The second-order valence-electron chi connectivity index (χ2n) is 6.16. The molecule has 0 spiro atoms. The van der Waals surface area contributed by atoms with Crippen LogP contribution in [0.3, 0.4) is 0 Å². The summed E-state index contributed by atoms with van der Waals surface area (Å²) in [6, 6.07) is 13.8. The molecule has 0 saturated carbocycles. The predicted molar refractivity (Wildman–Crippen MR) is 104 cm³/mol. The van der Waals surface area contributed by atoms with Crippen molar-refractivity contribution in [3.8, 4) is 5.75 Å². The van der Waals surface area contributed by atoms with Gasteiger partial charge in [-0.2, -0.15) is 5.10 Å². The van der Waals surface area contributed by atoms with E-state index >= 15 is 0 Å². The number of ether oxygens (including phenoxy) is 1. The molecule has 2 aromatic carbocycles. The highest BCUT2D eigenvalue weighted by Crippen LogP contribution is 2.20. The number of hydrogen-bond donors (Lipinski definition) is 1. The van der Waals surface area contributed by atoms with Crippen molar-refractivity contribution in [2.24, 2.45) is 0 Å². The van der Waals surface area contributed by atoms with E-state index < -0.39 is 0 Å². The molecule has 1 heterocycles. The number of methoxy groups -OCH3 is 1.